The number of piperidine rings is 1. The van der Waals surface area contributed by atoms with Crippen LogP contribution >= 0.6 is 11.6 Å². The fourth-order valence-electron chi connectivity index (χ4n) is 4.42. The van der Waals surface area contributed by atoms with Crippen LogP contribution in [0.1, 0.15) is 25.3 Å². The van der Waals surface area contributed by atoms with E-state index >= 15 is 0 Å². The van der Waals surface area contributed by atoms with E-state index < -0.39 is 5.54 Å². The molecule has 31 heavy (non-hydrogen) atoms. The molecule has 1 aliphatic heterocycles. The predicted octanol–water partition coefficient (Wildman–Crippen LogP) is 4.01. The van der Waals surface area contributed by atoms with Crippen molar-refractivity contribution in [1.29, 1.82) is 0 Å². The Kier molecular flexibility index (Phi) is 4.86. The Morgan fingerprint density at radius 3 is 2.84 bits per heavy atom. The molecule has 2 aromatic heterocycles. The highest BCUT2D eigenvalue weighted by molar-refractivity contribution is 6.31. The van der Waals surface area contributed by atoms with Crippen LogP contribution in [0.15, 0.2) is 59.3 Å². The number of oxazole rings is 1. The van der Waals surface area contributed by atoms with Gasteiger partial charge in [0.05, 0.1) is 29.7 Å². The highest BCUT2D eigenvalue weighted by Gasteiger charge is 2.45. The largest absolute Gasteiger partial charge is 0.424 e. The third-order valence-electron chi connectivity index (χ3n) is 6.03. The van der Waals surface area contributed by atoms with Gasteiger partial charge in [0.25, 0.3) is 6.01 Å². The second-order valence-electron chi connectivity index (χ2n) is 7.75. The second kappa shape index (κ2) is 7.70. The number of carbonyl (C=O) groups is 1. The summed E-state index contributed by atoms with van der Waals surface area (Å²) in [5.74, 6) is 0. The Morgan fingerprint density at radius 1 is 1.23 bits per heavy atom. The van der Waals surface area contributed by atoms with Crippen LogP contribution in [0.3, 0.4) is 0 Å². The van der Waals surface area contributed by atoms with Crippen LogP contribution in [0.5, 0.6) is 0 Å². The van der Waals surface area contributed by atoms with E-state index in [1.807, 2.05) is 29.2 Å². The minimum absolute atomic E-state index is 0.147. The molecule has 4 aromatic rings. The van der Waals surface area contributed by atoms with Crippen molar-refractivity contribution in [3.8, 4) is 5.69 Å². The van der Waals surface area contributed by atoms with Gasteiger partial charge in [-0.1, -0.05) is 29.8 Å². The molecular formula is C22H21ClN6O2. The molecule has 158 valence electrons. The molecule has 0 radical (unpaired) electrons. The number of carbonyl (C=O) groups excluding carboxylic acids is 1. The number of hydrogen-bond donors (Lipinski definition) is 1. The molecule has 8 nitrogen and oxygen atoms in total. The van der Waals surface area contributed by atoms with Gasteiger partial charge in [-0.2, -0.15) is 20.0 Å². The predicted molar refractivity (Wildman–Crippen MR) is 117 cm³/mol. The zero-order valence-corrected chi connectivity index (χ0v) is 17.7. The molecular weight excluding hydrogens is 416 g/mol. The Morgan fingerprint density at radius 2 is 2.03 bits per heavy atom. The number of rotatable bonds is 5. The first-order valence-electron chi connectivity index (χ1n) is 10.1. The molecule has 1 aliphatic rings. The lowest BCUT2D eigenvalue weighted by Crippen LogP contribution is -2.58. The smallest absolute Gasteiger partial charge is 0.295 e. The lowest BCUT2D eigenvalue weighted by molar-refractivity contribution is -0.126. The Labute approximate surface area is 183 Å². The van der Waals surface area contributed by atoms with Crippen molar-refractivity contribution < 1.29 is 9.21 Å². The van der Waals surface area contributed by atoms with Crippen LogP contribution in [0.25, 0.3) is 16.8 Å². The van der Waals surface area contributed by atoms with Crippen molar-refractivity contribution in [1.82, 2.24) is 24.9 Å². The normalized spacial score (nSPS) is 21.4. The topological polar surface area (TPSA) is 89.1 Å². The van der Waals surface area contributed by atoms with E-state index in [2.05, 4.69) is 27.4 Å². The number of fused-ring (bicyclic) bond motifs is 1. The van der Waals surface area contributed by atoms with Crippen LogP contribution in [-0.2, 0) is 10.3 Å². The van der Waals surface area contributed by atoms with Crippen LogP contribution in [-0.4, -0.2) is 43.9 Å². The Hall–Kier alpha value is -3.39. The van der Waals surface area contributed by atoms with Gasteiger partial charge >= 0.3 is 0 Å². The average molecular weight is 437 g/mol. The van der Waals surface area contributed by atoms with Crippen molar-refractivity contribution in [3.05, 3.63) is 65.4 Å². The zero-order chi connectivity index (χ0) is 21.4. The number of benzene rings is 2. The fraction of sp³-hybridized carbons (Fsp3) is 0.273. The number of hydrogen-bond acceptors (Lipinski definition) is 6. The quantitative estimate of drug-likeness (QED) is 0.475. The van der Waals surface area contributed by atoms with Crippen LogP contribution in [0, 0.1) is 0 Å². The number of para-hydroxylation sites is 1. The molecule has 0 unspecified atom stereocenters. The minimum atomic E-state index is -0.678. The summed E-state index contributed by atoms with van der Waals surface area (Å²) in [5, 5.41) is 12.7. The van der Waals surface area contributed by atoms with E-state index in [0.29, 0.717) is 28.7 Å². The van der Waals surface area contributed by atoms with Crippen molar-refractivity contribution in [2.45, 2.75) is 31.3 Å². The average Bonchev–Trinajstić information content (AvgIpc) is 3.44. The number of likely N-dealkylation sites (tertiary alicyclic amines) is 1. The molecule has 0 saturated carbocycles. The van der Waals surface area contributed by atoms with Gasteiger partial charge in [0, 0.05) is 17.1 Å². The molecule has 0 aliphatic carbocycles. The Bertz CT molecular complexity index is 1220. The number of halogens is 1. The van der Waals surface area contributed by atoms with Gasteiger partial charge < -0.3 is 14.6 Å². The molecule has 9 heteroatoms. The van der Waals surface area contributed by atoms with Crippen molar-refractivity contribution in [2.75, 3.05) is 11.9 Å². The molecule has 1 saturated heterocycles. The highest BCUT2D eigenvalue weighted by Crippen LogP contribution is 2.41. The maximum Gasteiger partial charge on any atom is 0.295 e. The molecule has 3 heterocycles. The number of nitrogens with one attached hydrogen (secondary N) is 1. The lowest BCUT2D eigenvalue weighted by atomic mass is 9.77. The first kappa shape index (κ1) is 19.6. The van der Waals surface area contributed by atoms with Gasteiger partial charge in [0.1, 0.15) is 5.52 Å². The summed E-state index contributed by atoms with van der Waals surface area (Å²) in [4.78, 5) is 20.1. The van der Waals surface area contributed by atoms with Gasteiger partial charge in [0.2, 0.25) is 6.41 Å². The van der Waals surface area contributed by atoms with Crippen LogP contribution in [0.2, 0.25) is 5.02 Å². The van der Waals surface area contributed by atoms with Crippen molar-refractivity contribution in [3.63, 3.8) is 0 Å². The zero-order valence-electron chi connectivity index (χ0n) is 16.9. The molecule has 1 fully saturated rings. The molecule has 2 aromatic carbocycles. The van der Waals surface area contributed by atoms with E-state index in [1.165, 1.54) is 0 Å². The molecule has 2 atom stereocenters. The molecule has 1 amide bonds. The van der Waals surface area contributed by atoms with E-state index in [-0.39, 0.29) is 6.04 Å². The van der Waals surface area contributed by atoms with E-state index in [0.717, 1.165) is 30.5 Å². The van der Waals surface area contributed by atoms with E-state index in [1.54, 1.807) is 35.4 Å². The fourth-order valence-corrected chi connectivity index (χ4v) is 4.59. The number of anilines is 1. The van der Waals surface area contributed by atoms with Crippen molar-refractivity contribution in [2.24, 2.45) is 0 Å². The van der Waals surface area contributed by atoms with Gasteiger partial charge in [-0.05, 0) is 44.0 Å². The SMILES string of the molecule is C[C@]1(c2ccccc2-n2nccn2)[C@H](Nc2nc3cc(Cl)ccc3o2)CCCN1C=O. The van der Waals surface area contributed by atoms with Gasteiger partial charge in [-0.15, -0.1) is 0 Å². The summed E-state index contributed by atoms with van der Waals surface area (Å²) in [6.45, 7) is 2.71. The summed E-state index contributed by atoms with van der Waals surface area (Å²) in [7, 11) is 0. The maximum atomic E-state index is 12.1. The summed E-state index contributed by atoms with van der Waals surface area (Å²) in [6, 6.07) is 13.5. The minimum Gasteiger partial charge on any atom is -0.424 e. The number of amides is 1. The summed E-state index contributed by atoms with van der Waals surface area (Å²) < 4.78 is 5.91. The molecule has 0 spiro atoms. The Balaban J connectivity index is 1.59. The molecule has 5 rings (SSSR count). The van der Waals surface area contributed by atoms with Gasteiger partial charge in [-0.3, -0.25) is 4.79 Å². The summed E-state index contributed by atoms with van der Waals surface area (Å²) in [6.07, 6.45) is 5.88. The number of nitrogens with zero attached hydrogens (tertiary/aromatic N) is 5. The monoisotopic (exact) mass is 436 g/mol. The van der Waals surface area contributed by atoms with Crippen LogP contribution < -0.4 is 5.32 Å². The molecule has 0 bridgehead atoms. The third kappa shape index (κ3) is 3.33. The second-order valence-corrected chi connectivity index (χ2v) is 8.19. The van der Waals surface area contributed by atoms with E-state index in [4.69, 9.17) is 16.0 Å². The molecule has 1 N–H and O–H groups in total. The van der Waals surface area contributed by atoms with Crippen molar-refractivity contribution >= 4 is 35.1 Å². The summed E-state index contributed by atoms with van der Waals surface area (Å²) in [5.41, 5.74) is 2.41. The van der Waals surface area contributed by atoms with E-state index in [9.17, 15) is 4.79 Å². The van der Waals surface area contributed by atoms with Gasteiger partial charge in [0.15, 0.2) is 5.58 Å². The summed E-state index contributed by atoms with van der Waals surface area (Å²) >= 11 is 6.09. The first-order valence-corrected chi connectivity index (χ1v) is 10.5. The number of aromatic nitrogens is 4. The van der Waals surface area contributed by atoms with Crippen LogP contribution in [0.4, 0.5) is 6.01 Å². The first-order chi connectivity index (χ1) is 15.1. The third-order valence-corrected chi connectivity index (χ3v) is 6.26. The lowest BCUT2D eigenvalue weighted by Gasteiger charge is -2.49. The van der Waals surface area contributed by atoms with Gasteiger partial charge in [-0.25, -0.2) is 0 Å². The maximum absolute atomic E-state index is 12.1. The standard InChI is InChI=1S/C22H21ClN6O2/c1-22(16-5-2-3-6-18(16)29-24-10-11-25-29)20(7-4-12-28(22)14-30)27-21-26-17-13-15(23)8-9-19(17)31-21/h2-3,5-6,8-11,13-14,20H,4,7,12H2,1H3,(H,26,27)/t20-,22+/m1/s1. The highest BCUT2D eigenvalue weighted by atomic mass is 35.5.